The summed E-state index contributed by atoms with van der Waals surface area (Å²) in [6.45, 7) is 5.26. The molecule has 2 rings (SSSR count). The van der Waals surface area contributed by atoms with Crippen molar-refractivity contribution in [2.24, 2.45) is 0 Å². The monoisotopic (exact) mass is 326 g/mol. The molecule has 0 saturated carbocycles. The quantitative estimate of drug-likeness (QED) is 0.834. The highest BCUT2D eigenvalue weighted by atomic mass is 32.2. The Kier molecular flexibility index (Phi) is 4.89. The lowest BCUT2D eigenvalue weighted by Crippen LogP contribution is -2.44. The molecule has 122 valence electrons. The van der Waals surface area contributed by atoms with Gasteiger partial charge in [-0.25, -0.2) is 12.7 Å². The van der Waals surface area contributed by atoms with Gasteiger partial charge in [-0.15, -0.1) is 0 Å². The summed E-state index contributed by atoms with van der Waals surface area (Å²) in [6.07, 6.45) is -0.00769. The molecule has 0 aliphatic carbocycles. The third-order valence-corrected chi connectivity index (χ3v) is 5.56. The minimum absolute atomic E-state index is 0.00769. The van der Waals surface area contributed by atoms with Gasteiger partial charge >= 0.3 is 0 Å². The molecule has 0 spiro atoms. The Labute approximate surface area is 131 Å². The molecule has 1 amide bonds. The lowest BCUT2D eigenvalue weighted by molar-refractivity contribution is -0.0124. The van der Waals surface area contributed by atoms with E-state index < -0.39 is 10.0 Å². The van der Waals surface area contributed by atoms with E-state index in [0.717, 1.165) is 9.87 Å². The molecule has 1 atom stereocenters. The van der Waals surface area contributed by atoms with E-state index in [1.165, 1.54) is 26.2 Å². The van der Waals surface area contributed by atoms with Crippen molar-refractivity contribution in [1.29, 1.82) is 0 Å². The SMILES string of the molecule is Cc1ccc(S(=O)(=O)N(C)C)cc1C(=O)N1CCO[C@@H](C)C1. The molecule has 22 heavy (non-hydrogen) atoms. The van der Waals surface area contributed by atoms with E-state index in [1.54, 1.807) is 11.0 Å². The smallest absolute Gasteiger partial charge is 0.254 e. The second kappa shape index (κ2) is 6.36. The number of sulfonamides is 1. The number of hydrogen-bond acceptors (Lipinski definition) is 4. The van der Waals surface area contributed by atoms with Crippen LogP contribution in [0.2, 0.25) is 0 Å². The molecule has 0 unspecified atom stereocenters. The molecule has 0 radical (unpaired) electrons. The van der Waals surface area contributed by atoms with Gasteiger partial charge in [0, 0.05) is 32.7 Å². The number of benzene rings is 1. The topological polar surface area (TPSA) is 66.9 Å². The number of morpholine rings is 1. The van der Waals surface area contributed by atoms with Crippen molar-refractivity contribution in [1.82, 2.24) is 9.21 Å². The van der Waals surface area contributed by atoms with E-state index in [9.17, 15) is 13.2 Å². The van der Waals surface area contributed by atoms with Crippen LogP contribution in [-0.2, 0) is 14.8 Å². The van der Waals surface area contributed by atoms with Gasteiger partial charge in [-0.1, -0.05) is 6.07 Å². The molecule has 1 heterocycles. The molecule has 1 aliphatic heterocycles. The zero-order valence-electron chi connectivity index (χ0n) is 13.4. The summed E-state index contributed by atoms with van der Waals surface area (Å²) in [4.78, 5) is 14.5. The van der Waals surface area contributed by atoms with Gasteiger partial charge in [-0.05, 0) is 31.5 Å². The van der Waals surface area contributed by atoms with E-state index in [0.29, 0.717) is 25.3 Å². The van der Waals surface area contributed by atoms with E-state index in [2.05, 4.69) is 0 Å². The van der Waals surface area contributed by atoms with E-state index in [1.807, 2.05) is 13.8 Å². The summed E-state index contributed by atoms with van der Waals surface area (Å²) in [6, 6.07) is 4.67. The summed E-state index contributed by atoms with van der Waals surface area (Å²) in [5.74, 6) is -0.150. The summed E-state index contributed by atoms with van der Waals surface area (Å²) in [5.41, 5.74) is 1.19. The van der Waals surface area contributed by atoms with Crippen molar-refractivity contribution in [3.63, 3.8) is 0 Å². The van der Waals surface area contributed by atoms with Crippen LogP contribution in [0.1, 0.15) is 22.8 Å². The Morgan fingerprint density at radius 2 is 2.05 bits per heavy atom. The zero-order valence-corrected chi connectivity index (χ0v) is 14.2. The Morgan fingerprint density at radius 3 is 2.64 bits per heavy atom. The Balaban J connectivity index is 2.37. The lowest BCUT2D eigenvalue weighted by Gasteiger charge is -2.31. The van der Waals surface area contributed by atoms with Crippen LogP contribution < -0.4 is 0 Å². The van der Waals surface area contributed by atoms with Gasteiger partial charge < -0.3 is 9.64 Å². The average Bonchev–Trinajstić information content (AvgIpc) is 2.46. The first kappa shape index (κ1) is 16.9. The van der Waals surface area contributed by atoms with Crippen molar-refractivity contribution in [3.05, 3.63) is 29.3 Å². The van der Waals surface area contributed by atoms with Crippen molar-refractivity contribution in [2.45, 2.75) is 24.8 Å². The largest absolute Gasteiger partial charge is 0.375 e. The molecule has 1 aromatic rings. The molecule has 1 saturated heterocycles. The maximum absolute atomic E-state index is 12.7. The number of carbonyl (C=O) groups is 1. The molecular formula is C15H22N2O4S. The Morgan fingerprint density at radius 1 is 1.36 bits per heavy atom. The number of carbonyl (C=O) groups excluding carboxylic acids is 1. The molecule has 6 nitrogen and oxygen atoms in total. The van der Waals surface area contributed by atoms with Crippen LogP contribution in [0.25, 0.3) is 0 Å². The number of ether oxygens (including phenoxy) is 1. The van der Waals surface area contributed by atoms with Gasteiger partial charge in [-0.3, -0.25) is 4.79 Å². The molecule has 1 aromatic carbocycles. The van der Waals surface area contributed by atoms with Crippen LogP contribution in [-0.4, -0.2) is 63.4 Å². The minimum Gasteiger partial charge on any atom is -0.375 e. The Bertz CT molecular complexity index is 670. The van der Waals surface area contributed by atoms with Crippen LogP contribution in [0.4, 0.5) is 0 Å². The fourth-order valence-electron chi connectivity index (χ4n) is 2.38. The molecule has 0 aromatic heterocycles. The van der Waals surface area contributed by atoms with Crippen molar-refractivity contribution in [2.75, 3.05) is 33.8 Å². The molecule has 0 bridgehead atoms. The average molecular weight is 326 g/mol. The highest BCUT2D eigenvalue weighted by Crippen LogP contribution is 2.20. The maximum atomic E-state index is 12.7. The number of amides is 1. The first-order valence-corrected chi connectivity index (χ1v) is 8.61. The third-order valence-electron chi connectivity index (χ3n) is 3.75. The molecule has 7 heteroatoms. The van der Waals surface area contributed by atoms with Crippen LogP contribution >= 0.6 is 0 Å². The maximum Gasteiger partial charge on any atom is 0.254 e. The van der Waals surface area contributed by atoms with Crippen LogP contribution in [0.5, 0.6) is 0 Å². The predicted molar refractivity (Wildman–Crippen MR) is 83.4 cm³/mol. The fraction of sp³-hybridized carbons (Fsp3) is 0.533. The summed E-state index contributed by atoms with van der Waals surface area (Å²) >= 11 is 0. The van der Waals surface area contributed by atoms with Crippen LogP contribution in [0, 0.1) is 6.92 Å². The van der Waals surface area contributed by atoms with Gasteiger partial charge in [0.1, 0.15) is 0 Å². The van der Waals surface area contributed by atoms with Crippen LogP contribution in [0.15, 0.2) is 23.1 Å². The van der Waals surface area contributed by atoms with Crippen molar-refractivity contribution >= 4 is 15.9 Å². The number of hydrogen-bond donors (Lipinski definition) is 0. The number of rotatable bonds is 3. The summed E-state index contributed by atoms with van der Waals surface area (Å²) < 4.78 is 31.0. The standard InChI is InChI=1S/C15H22N2O4S/c1-11-5-6-13(22(19,20)16(3)4)9-14(11)15(18)17-7-8-21-12(2)10-17/h5-6,9,12H,7-8,10H2,1-4H3/t12-/m0/s1. The molecule has 1 aliphatic rings. The van der Waals surface area contributed by atoms with Gasteiger partial charge in [0.15, 0.2) is 0 Å². The van der Waals surface area contributed by atoms with E-state index >= 15 is 0 Å². The first-order chi connectivity index (χ1) is 10.2. The summed E-state index contributed by atoms with van der Waals surface area (Å²) in [7, 11) is -0.608. The third kappa shape index (κ3) is 3.31. The highest BCUT2D eigenvalue weighted by Gasteiger charge is 2.25. The molecule has 0 N–H and O–H groups in total. The molecule has 1 fully saturated rings. The second-order valence-corrected chi connectivity index (χ2v) is 7.85. The zero-order chi connectivity index (χ0) is 16.5. The van der Waals surface area contributed by atoms with Crippen LogP contribution in [0.3, 0.4) is 0 Å². The van der Waals surface area contributed by atoms with Gasteiger partial charge in [0.2, 0.25) is 10.0 Å². The van der Waals surface area contributed by atoms with Gasteiger partial charge in [0.05, 0.1) is 17.6 Å². The number of aryl methyl sites for hydroxylation is 1. The first-order valence-electron chi connectivity index (χ1n) is 7.17. The van der Waals surface area contributed by atoms with Gasteiger partial charge in [-0.2, -0.15) is 0 Å². The minimum atomic E-state index is -3.55. The molecular weight excluding hydrogens is 304 g/mol. The highest BCUT2D eigenvalue weighted by molar-refractivity contribution is 7.89. The van der Waals surface area contributed by atoms with E-state index in [-0.39, 0.29) is 16.9 Å². The van der Waals surface area contributed by atoms with Gasteiger partial charge in [0.25, 0.3) is 5.91 Å². The normalized spacial score (nSPS) is 19.5. The lowest BCUT2D eigenvalue weighted by atomic mass is 10.1. The predicted octanol–water partition coefficient (Wildman–Crippen LogP) is 1.11. The summed E-state index contributed by atoms with van der Waals surface area (Å²) in [5, 5.41) is 0. The second-order valence-electron chi connectivity index (χ2n) is 5.70. The number of nitrogens with zero attached hydrogens (tertiary/aromatic N) is 2. The fourth-order valence-corrected chi connectivity index (χ4v) is 3.30. The van der Waals surface area contributed by atoms with Crippen molar-refractivity contribution < 1.29 is 17.9 Å². The van der Waals surface area contributed by atoms with Crippen molar-refractivity contribution in [3.8, 4) is 0 Å². The Hall–Kier alpha value is -1.44. The van der Waals surface area contributed by atoms with E-state index in [4.69, 9.17) is 4.74 Å².